The molecular formula is C15H14ClN5O. The molecule has 22 heavy (non-hydrogen) atoms. The number of rotatable bonds is 2. The summed E-state index contributed by atoms with van der Waals surface area (Å²) in [5, 5.41) is 16.7. The fourth-order valence-corrected chi connectivity index (χ4v) is 2.97. The van der Waals surface area contributed by atoms with Crippen LogP contribution >= 0.6 is 11.6 Å². The zero-order valence-corrected chi connectivity index (χ0v) is 12.8. The van der Waals surface area contributed by atoms with Crippen molar-refractivity contribution in [2.75, 3.05) is 6.54 Å². The van der Waals surface area contributed by atoms with Crippen LogP contribution in [0.5, 0.6) is 0 Å². The molecule has 1 aromatic carbocycles. The third-order valence-electron chi connectivity index (χ3n) is 3.85. The average Bonchev–Trinajstić information content (AvgIpc) is 3.13. The van der Waals surface area contributed by atoms with Crippen molar-refractivity contribution in [3.63, 3.8) is 0 Å². The molecule has 3 heterocycles. The van der Waals surface area contributed by atoms with Crippen LogP contribution in [-0.2, 0) is 20.0 Å². The lowest BCUT2D eigenvalue weighted by molar-refractivity contribution is 0.578. The Morgan fingerprint density at radius 2 is 2.05 bits per heavy atom. The highest BCUT2D eigenvalue weighted by Crippen LogP contribution is 2.31. The van der Waals surface area contributed by atoms with Gasteiger partial charge in [0.25, 0.3) is 5.89 Å². The molecule has 3 aromatic rings. The van der Waals surface area contributed by atoms with E-state index in [1.165, 1.54) is 5.69 Å². The molecule has 0 spiro atoms. The van der Waals surface area contributed by atoms with Gasteiger partial charge in [0.05, 0.1) is 10.6 Å². The summed E-state index contributed by atoms with van der Waals surface area (Å²) in [6, 6.07) is 7.41. The molecule has 4 rings (SSSR count). The molecule has 6 nitrogen and oxygen atoms in total. The van der Waals surface area contributed by atoms with Crippen molar-refractivity contribution < 1.29 is 4.42 Å². The van der Waals surface area contributed by atoms with Gasteiger partial charge in [-0.15, -0.1) is 10.2 Å². The molecule has 0 amide bonds. The fraction of sp³-hybridized carbons (Fsp3) is 0.267. The summed E-state index contributed by atoms with van der Waals surface area (Å²) in [6.45, 7) is 1.73. The predicted octanol–water partition coefficient (Wildman–Crippen LogP) is 2.44. The van der Waals surface area contributed by atoms with Gasteiger partial charge in [-0.2, -0.15) is 5.10 Å². The van der Waals surface area contributed by atoms with Gasteiger partial charge in [-0.1, -0.05) is 23.7 Å². The van der Waals surface area contributed by atoms with Crippen molar-refractivity contribution in [3.05, 3.63) is 40.5 Å². The molecule has 7 heteroatoms. The lowest BCUT2D eigenvalue weighted by Gasteiger charge is -2.13. The van der Waals surface area contributed by atoms with E-state index in [0.29, 0.717) is 16.8 Å². The molecule has 0 unspecified atom stereocenters. The van der Waals surface area contributed by atoms with E-state index in [-0.39, 0.29) is 0 Å². The van der Waals surface area contributed by atoms with Gasteiger partial charge in [0.2, 0.25) is 5.89 Å². The maximum atomic E-state index is 6.18. The largest absolute Gasteiger partial charge is 0.414 e. The zero-order valence-electron chi connectivity index (χ0n) is 12.0. The van der Waals surface area contributed by atoms with Crippen LogP contribution in [0.1, 0.15) is 11.3 Å². The van der Waals surface area contributed by atoms with Gasteiger partial charge in [0.15, 0.2) is 5.69 Å². The Morgan fingerprint density at radius 1 is 1.23 bits per heavy atom. The molecule has 0 bridgehead atoms. The number of benzene rings is 1. The Kier molecular flexibility index (Phi) is 3.20. The molecule has 1 aliphatic rings. The fourth-order valence-electron chi connectivity index (χ4n) is 2.76. The molecule has 1 N–H and O–H groups in total. The number of hydrogen-bond donors (Lipinski definition) is 1. The molecule has 0 aliphatic carbocycles. The number of nitrogens with one attached hydrogen (secondary N) is 1. The summed E-state index contributed by atoms with van der Waals surface area (Å²) in [5.74, 6) is 0.833. The monoisotopic (exact) mass is 315 g/mol. The minimum atomic E-state index is 0.406. The molecule has 0 saturated carbocycles. The van der Waals surface area contributed by atoms with Crippen LogP contribution in [0, 0.1) is 0 Å². The summed E-state index contributed by atoms with van der Waals surface area (Å²) in [6.07, 6.45) is 0.949. The van der Waals surface area contributed by atoms with Gasteiger partial charge in [0, 0.05) is 37.8 Å². The summed E-state index contributed by atoms with van der Waals surface area (Å²) in [4.78, 5) is 0. The zero-order chi connectivity index (χ0) is 15.1. The van der Waals surface area contributed by atoms with Crippen LogP contribution in [0.2, 0.25) is 5.02 Å². The summed E-state index contributed by atoms with van der Waals surface area (Å²) in [7, 11) is 1.94. The number of halogens is 1. The van der Waals surface area contributed by atoms with E-state index < -0.39 is 0 Å². The second-order valence-corrected chi connectivity index (χ2v) is 5.62. The highest BCUT2D eigenvalue weighted by molar-refractivity contribution is 6.33. The van der Waals surface area contributed by atoms with Crippen molar-refractivity contribution in [2.24, 2.45) is 7.05 Å². The lowest BCUT2D eigenvalue weighted by Crippen LogP contribution is -2.24. The van der Waals surface area contributed by atoms with E-state index >= 15 is 0 Å². The van der Waals surface area contributed by atoms with E-state index in [0.717, 1.165) is 36.3 Å². The van der Waals surface area contributed by atoms with Gasteiger partial charge in [-0.3, -0.25) is 4.68 Å². The van der Waals surface area contributed by atoms with Crippen molar-refractivity contribution in [3.8, 4) is 23.0 Å². The Hall–Kier alpha value is -2.18. The van der Waals surface area contributed by atoms with Crippen LogP contribution in [0.3, 0.4) is 0 Å². The van der Waals surface area contributed by atoms with Gasteiger partial charge in [-0.25, -0.2) is 0 Å². The van der Waals surface area contributed by atoms with E-state index in [9.17, 15) is 0 Å². The van der Waals surface area contributed by atoms with Crippen LogP contribution in [0.15, 0.2) is 28.7 Å². The van der Waals surface area contributed by atoms with Gasteiger partial charge in [0.1, 0.15) is 0 Å². The second kappa shape index (κ2) is 5.23. The van der Waals surface area contributed by atoms with Crippen molar-refractivity contribution >= 4 is 11.6 Å². The van der Waals surface area contributed by atoms with Crippen molar-refractivity contribution in [1.82, 2.24) is 25.3 Å². The Balaban J connectivity index is 1.78. The Bertz CT molecular complexity index is 838. The second-order valence-electron chi connectivity index (χ2n) is 5.22. The van der Waals surface area contributed by atoms with Crippen LogP contribution in [-0.4, -0.2) is 26.5 Å². The minimum absolute atomic E-state index is 0.406. The van der Waals surface area contributed by atoms with E-state index in [4.69, 9.17) is 16.0 Å². The first-order valence-corrected chi connectivity index (χ1v) is 7.46. The molecule has 0 atom stereocenters. The highest BCUT2D eigenvalue weighted by atomic mass is 35.5. The normalized spacial score (nSPS) is 14.1. The molecule has 0 fully saturated rings. The van der Waals surface area contributed by atoms with Crippen molar-refractivity contribution in [1.29, 1.82) is 0 Å². The Labute approximate surface area is 132 Å². The first-order chi connectivity index (χ1) is 10.7. The average molecular weight is 316 g/mol. The molecule has 0 radical (unpaired) electrons. The van der Waals surface area contributed by atoms with E-state index in [1.54, 1.807) is 6.07 Å². The van der Waals surface area contributed by atoms with Crippen molar-refractivity contribution in [2.45, 2.75) is 13.0 Å². The number of hydrogen-bond acceptors (Lipinski definition) is 5. The first kappa shape index (κ1) is 13.5. The molecule has 1 aliphatic heterocycles. The topological polar surface area (TPSA) is 68.8 Å². The SMILES string of the molecule is Cn1nc(-c2nnc(-c3ccccc3Cl)o2)c2c1CCNC2. The van der Waals surface area contributed by atoms with Gasteiger partial charge in [-0.05, 0) is 12.1 Å². The molecule has 112 valence electrons. The number of fused-ring (bicyclic) bond motifs is 1. The summed E-state index contributed by atoms with van der Waals surface area (Å²) >= 11 is 6.18. The third kappa shape index (κ3) is 2.12. The Morgan fingerprint density at radius 3 is 2.91 bits per heavy atom. The maximum absolute atomic E-state index is 6.18. The quantitative estimate of drug-likeness (QED) is 0.786. The smallest absolute Gasteiger partial charge is 0.268 e. The third-order valence-corrected chi connectivity index (χ3v) is 4.18. The molecule has 0 saturated heterocycles. The molecule has 2 aromatic heterocycles. The first-order valence-electron chi connectivity index (χ1n) is 7.08. The maximum Gasteiger partial charge on any atom is 0.268 e. The van der Waals surface area contributed by atoms with Crippen LogP contribution < -0.4 is 5.32 Å². The highest BCUT2D eigenvalue weighted by Gasteiger charge is 2.24. The number of aromatic nitrogens is 4. The van der Waals surface area contributed by atoms with Crippen LogP contribution in [0.25, 0.3) is 23.0 Å². The van der Waals surface area contributed by atoms with E-state index in [1.807, 2.05) is 29.9 Å². The molecular weight excluding hydrogens is 302 g/mol. The predicted molar refractivity (Wildman–Crippen MR) is 82.4 cm³/mol. The number of aryl methyl sites for hydroxylation is 1. The summed E-state index contributed by atoms with van der Waals surface area (Å²) in [5.41, 5.74) is 3.82. The number of nitrogens with zero attached hydrogens (tertiary/aromatic N) is 4. The van der Waals surface area contributed by atoms with Gasteiger partial charge >= 0.3 is 0 Å². The van der Waals surface area contributed by atoms with Crippen LogP contribution in [0.4, 0.5) is 0 Å². The minimum Gasteiger partial charge on any atom is -0.414 e. The lowest BCUT2D eigenvalue weighted by atomic mass is 10.1. The van der Waals surface area contributed by atoms with Gasteiger partial charge < -0.3 is 9.73 Å². The van der Waals surface area contributed by atoms with E-state index in [2.05, 4.69) is 20.6 Å². The summed E-state index contributed by atoms with van der Waals surface area (Å²) < 4.78 is 7.70. The standard InChI is InChI=1S/C15H14ClN5O/c1-21-12-6-7-17-8-10(12)13(20-21)15-19-18-14(22-15)9-4-2-3-5-11(9)16/h2-5,17H,6-8H2,1H3.